The first-order valence-electron chi connectivity index (χ1n) is 15.7. The maximum atomic E-state index is 11.3. The maximum absolute atomic E-state index is 11.3. The number of ether oxygens (including phenoxy) is 1. The van der Waals surface area contributed by atoms with Gasteiger partial charge in [-0.1, -0.05) is 97.8 Å². The molecule has 0 aromatic heterocycles. The van der Waals surface area contributed by atoms with Crippen molar-refractivity contribution in [3.05, 3.63) is 95.1 Å². The summed E-state index contributed by atoms with van der Waals surface area (Å²) >= 11 is 0. The molecule has 0 saturated heterocycles. The highest BCUT2D eigenvalue weighted by atomic mass is 16.5. The van der Waals surface area contributed by atoms with Gasteiger partial charge < -0.3 is 14.9 Å². The monoisotopic (exact) mass is 564 g/mol. The zero-order valence-corrected chi connectivity index (χ0v) is 26.4. The Labute approximate surface area is 250 Å². The summed E-state index contributed by atoms with van der Waals surface area (Å²) in [6, 6.07) is 21.2. The third-order valence-electron chi connectivity index (χ3n) is 7.41. The van der Waals surface area contributed by atoms with Crippen LogP contribution in [0.3, 0.4) is 0 Å². The first-order valence-corrected chi connectivity index (χ1v) is 15.7. The Morgan fingerprint density at radius 1 is 0.756 bits per heavy atom. The maximum Gasteiger partial charge on any atom is 0.334 e. The van der Waals surface area contributed by atoms with E-state index in [1.54, 1.807) is 0 Å². The zero-order chi connectivity index (χ0) is 30.3. The average molecular weight is 565 g/mol. The van der Waals surface area contributed by atoms with E-state index in [9.17, 15) is 4.79 Å². The number of aliphatic hydroxyl groups is 2. The van der Waals surface area contributed by atoms with Crippen LogP contribution in [0.4, 0.5) is 0 Å². The SMILES string of the molecule is CC/C=C(\C)CCC(CCCO)c1ccccc1.CC/C=C(\C)CCC(CCCOC(=O)C(C)O)c1ccccc1. The van der Waals surface area contributed by atoms with Crippen LogP contribution in [0.1, 0.15) is 122 Å². The Morgan fingerprint density at radius 2 is 1.20 bits per heavy atom. The van der Waals surface area contributed by atoms with Crippen molar-refractivity contribution in [2.75, 3.05) is 13.2 Å². The lowest BCUT2D eigenvalue weighted by Gasteiger charge is -2.18. The molecule has 228 valence electrons. The Balaban J connectivity index is 0.000000422. The van der Waals surface area contributed by atoms with Crippen LogP contribution in [0.5, 0.6) is 0 Å². The molecule has 2 aromatic rings. The molecule has 0 radical (unpaired) electrons. The van der Waals surface area contributed by atoms with Gasteiger partial charge in [-0.15, -0.1) is 0 Å². The number of carbonyl (C=O) groups is 1. The standard InChI is InChI=1S/C20H30O3.C17H26O/c1-4-9-16(2)13-14-19(18-10-6-5-7-11-18)12-8-15-23-20(22)17(3)21;1-3-8-15(2)12-13-17(11-7-14-18)16-9-5-4-6-10-16/h5-7,9-11,17,19,21H,4,8,12-15H2,1-3H3;4-6,8-10,17-18H,3,7,11-14H2,1-2H3/b16-9+;15-8+. The molecule has 3 unspecified atom stereocenters. The van der Waals surface area contributed by atoms with E-state index in [0.717, 1.165) is 51.4 Å². The van der Waals surface area contributed by atoms with Gasteiger partial charge in [0.05, 0.1) is 6.61 Å². The van der Waals surface area contributed by atoms with Crippen LogP contribution in [-0.2, 0) is 9.53 Å². The average Bonchev–Trinajstić information content (AvgIpc) is 2.98. The lowest BCUT2D eigenvalue weighted by molar-refractivity contribution is -0.152. The molecule has 0 aliphatic carbocycles. The molecular weight excluding hydrogens is 508 g/mol. The molecule has 0 bridgehead atoms. The molecule has 0 aliphatic rings. The van der Waals surface area contributed by atoms with Gasteiger partial charge in [-0.3, -0.25) is 0 Å². The van der Waals surface area contributed by atoms with E-state index in [4.69, 9.17) is 14.9 Å². The Bertz CT molecular complexity index is 979. The highest BCUT2D eigenvalue weighted by Crippen LogP contribution is 2.29. The fourth-order valence-electron chi connectivity index (χ4n) is 5.07. The van der Waals surface area contributed by atoms with Gasteiger partial charge in [0.25, 0.3) is 0 Å². The second-order valence-electron chi connectivity index (χ2n) is 11.1. The highest BCUT2D eigenvalue weighted by Gasteiger charge is 2.14. The minimum absolute atomic E-state index is 0.299. The van der Waals surface area contributed by atoms with Crippen LogP contribution in [0.25, 0.3) is 0 Å². The van der Waals surface area contributed by atoms with Gasteiger partial charge in [0.2, 0.25) is 0 Å². The molecule has 3 atom stereocenters. The molecule has 0 fully saturated rings. The molecule has 41 heavy (non-hydrogen) atoms. The Morgan fingerprint density at radius 3 is 1.59 bits per heavy atom. The minimum Gasteiger partial charge on any atom is -0.464 e. The molecule has 4 heteroatoms. The molecule has 0 spiro atoms. The van der Waals surface area contributed by atoms with Crippen molar-refractivity contribution in [2.45, 2.75) is 117 Å². The van der Waals surface area contributed by atoms with E-state index in [1.165, 1.54) is 42.0 Å². The van der Waals surface area contributed by atoms with Gasteiger partial charge in [0.1, 0.15) is 6.10 Å². The highest BCUT2D eigenvalue weighted by molar-refractivity contribution is 5.73. The Kier molecular flexibility index (Phi) is 20.3. The summed E-state index contributed by atoms with van der Waals surface area (Å²) in [5, 5.41) is 18.1. The molecule has 0 saturated carbocycles. The number of hydrogen-bond donors (Lipinski definition) is 2. The molecular formula is C37H56O4. The number of hydrogen-bond acceptors (Lipinski definition) is 4. The van der Waals surface area contributed by atoms with Crippen LogP contribution < -0.4 is 0 Å². The third-order valence-corrected chi connectivity index (χ3v) is 7.41. The van der Waals surface area contributed by atoms with E-state index >= 15 is 0 Å². The van der Waals surface area contributed by atoms with Crippen molar-refractivity contribution < 1.29 is 19.7 Å². The summed E-state index contributed by atoms with van der Waals surface area (Å²) in [5.41, 5.74) is 5.69. The lowest BCUT2D eigenvalue weighted by Crippen LogP contribution is -2.19. The summed E-state index contributed by atoms with van der Waals surface area (Å²) in [6.07, 6.45) is 14.1. The summed E-state index contributed by atoms with van der Waals surface area (Å²) in [6.45, 7) is 10.9. The van der Waals surface area contributed by atoms with Gasteiger partial charge in [-0.05, 0) is 108 Å². The second-order valence-corrected chi connectivity index (χ2v) is 11.1. The predicted molar refractivity (Wildman–Crippen MR) is 173 cm³/mol. The molecule has 2 aromatic carbocycles. The second kappa shape index (κ2) is 22.9. The molecule has 0 aliphatic heterocycles. The topological polar surface area (TPSA) is 66.8 Å². The van der Waals surface area contributed by atoms with E-state index < -0.39 is 12.1 Å². The number of rotatable bonds is 18. The number of aliphatic hydroxyl groups excluding tert-OH is 2. The summed E-state index contributed by atoms with van der Waals surface area (Å²) < 4.78 is 5.05. The number of allylic oxidation sites excluding steroid dienone is 4. The normalized spacial score (nSPS) is 14.0. The first-order chi connectivity index (χ1) is 19.8. The quantitative estimate of drug-likeness (QED) is 0.108. The van der Waals surface area contributed by atoms with Gasteiger partial charge >= 0.3 is 5.97 Å². The van der Waals surface area contributed by atoms with Gasteiger partial charge in [0, 0.05) is 6.61 Å². The van der Waals surface area contributed by atoms with Crippen LogP contribution >= 0.6 is 0 Å². The third kappa shape index (κ3) is 17.0. The van der Waals surface area contributed by atoms with Crippen LogP contribution in [0.2, 0.25) is 0 Å². The number of benzene rings is 2. The largest absolute Gasteiger partial charge is 0.464 e. The van der Waals surface area contributed by atoms with E-state index in [1.807, 2.05) is 6.07 Å². The number of esters is 1. The van der Waals surface area contributed by atoms with Gasteiger partial charge in [-0.2, -0.15) is 0 Å². The van der Waals surface area contributed by atoms with Crippen molar-refractivity contribution in [1.82, 2.24) is 0 Å². The lowest BCUT2D eigenvalue weighted by atomic mass is 9.89. The summed E-state index contributed by atoms with van der Waals surface area (Å²) in [7, 11) is 0. The molecule has 4 nitrogen and oxygen atoms in total. The predicted octanol–water partition coefficient (Wildman–Crippen LogP) is 9.29. The van der Waals surface area contributed by atoms with Crippen molar-refractivity contribution in [3.8, 4) is 0 Å². The minimum atomic E-state index is -1.04. The molecule has 0 amide bonds. The molecule has 0 heterocycles. The van der Waals surface area contributed by atoms with E-state index in [2.05, 4.69) is 94.4 Å². The van der Waals surface area contributed by atoms with Gasteiger partial charge in [-0.25, -0.2) is 4.79 Å². The van der Waals surface area contributed by atoms with Crippen LogP contribution in [0.15, 0.2) is 84.0 Å². The van der Waals surface area contributed by atoms with Crippen molar-refractivity contribution in [1.29, 1.82) is 0 Å². The smallest absolute Gasteiger partial charge is 0.334 e. The number of carbonyl (C=O) groups excluding carboxylic acids is 1. The molecule has 2 rings (SSSR count). The van der Waals surface area contributed by atoms with Crippen molar-refractivity contribution in [3.63, 3.8) is 0 Å². The van der Waals surface area contributed by atoms with Crippen molar-refractivity contribution in [2.24, 2.45) is 0 Å². The van der Waals surface area contributed by atoms with Gasteiger partial charge in [0.15, 0.2) is 0 Å². The summed E-state index contributed by atoms with van der Waals surface area (Å²) in [4.78, 5) is 11.3. The van der Waals surface area contributed by atoms with E-state index in [0.29, 0.717) is 25.0 Å². The van der Waals surface area contributed by atoms with E-state index in [-0.39, 0.29) is 0 Å². The first kappa shape index (κ1) is 36.3. The van der Waals surface area contributed by atoms with Crippen molar-refractivity contribution >= 4 is 5.97 Å². The fourth-order valence-corrected chi connectivity index (χ4v) is 5.07. The molecule has 2 N–H and O–H groups in total. The fraction of sp³-hybridized carbons (Fsp3) is 0.541. The Hall–Kier alpha value is -2.69. The summed E-state index contributed by atoms with van der Waals surface area (Å²) in [5.74, 6) is 0.517. The zero-order valence-electron chi connectivity index (χ0n) is 26.4. The van der Waals surface area contributed by atoms with Crippen LogP contribution in [0, 0.1) is 0 Å². The van der Waals surface area contributed by atoms with Crippen LogP contribution in [-0.4, -0.2) is 35.5 Å².